The summed E-state index contributed by atoms with van der Waals surface area (Å²) >= 11 is 3.52. The van der Waals surface area contributed by atoms with Crippen LogP contribution in [-0.4, -0.2) is 4.98 Å². The van der Waals surface area contributed by atoms with E-state index >= 15 is 0 Å². The molecule has 0 spiro atoms. The zero-order valence-electron chi connectivity index (χ0n) is 14.6. The molecular formula is C25H16BrN. The third-order valence-electron chi connectivity index (χ3n) is 4.27. The van der Waals surface area contributed by atoms with Gasteiger partial charge in [0.2, 0.25) is 0 Å². The van der Waals surface area contributed by atoms with E-state index in [-0.39, 0.29) is 0 Å². The highest BCUT2D eigenvalue weighted by atomic mass is 79.9. The smallest absolute Gasteiger partial charge is 0.0709 e. The Labute approximate surface area is 167 Å². The molecule has 0 fully saturated rings. The van der Waals surface area contributed by atoms with E-state index in [4.69, 9.17) is 0 Å². The fourth-order valence-corrected chi connectivity index (χ4v) is 3.29. The molecule has 4 aromatic rings. The molecule has 0 atom stereocenters. The molecule has 0 saturated carbocycles. The molecule has 1 nitrogen and oxygen atoms in total. The lowest BCUT2D eigenvalue weighted by atomic mass is 9.97. The minimum atomic E-state index is 0.895. The summed E-state index contributed by atoms with van der Waals surface area (Å²) in [7, 11) is 0. The van der Waals surface area contributed by atoms with Gasteiger partial charge < -0.3 is 0 Å². The lowest BCUT2D eigenvalue weighted by Crippen LogP contribution is -1.88. The number of benzene rings is 3. The van der Waals surface area contributed by atoms with Crippen LogP contribution < -0.4 is 0 Å². The van der Waals surface area contributed by atoms with Crippen molar-refractivity contribution in [3.63, 3.8) is 0 Å². The molecule has 27 heavy (non-hydrogen) atoms. The van der Waals surface area contributed by atoms with Crippen molar-refractivity contribution in [1.82, 2.24) is 4.98 Å². The second-order valence-electron chi connectivity index (χ2n) is 6.07. The third kappa shape index (κ3) is 4.00. The number of hydrogen-bond acceptors (Lipinski definition) is 1. The standard InChI is InChI=1S/C25H16BrN/c26-24-13-7-4-10-21(24)16-14-19-15-17-25(27-18-19)23-12-6-5-11-22(23)20-8-2-1-3-9-20/h1-13,15,17-18H. The summed E-state index contributed by atoms with van der Waals surface area (Å²) in [6.07, 6.45) is 1.83. The van der Waals surface area contributed by atoms with Gasteiger partial charge in [0.25, 0.3) is 0 Å². The Kier molecular flexibility index (Phi) is 5.14. The maximum absolute atomic E-state index is 4.66. The molecule has 0 N–H and O–H groups in total. The summed E-state index contributed by atoms with van der Waals surface area (Å²) in [6, 6.07) is 30.7. The van der Waals surface area contributed by atoms with Gasteiger partial charge in [0.05, 0.1) is 5.69 Å². The topological polar surface area (TPSA) is 12.9 Å². The van der Waals surface area contributed by atoms with E-state index in [9.17, 15) is 0 Å². The lowest BCUT2D eigenvalue weighted by molar-refractivity contribution is 1.31. The second-order valence-corrected chi connectivity index (χ2v) is 6.93. The SMILES string of the molecule is Brc1ccccc1C#Cc1ccc(-c2ccccc2-c2ccccc2)nc1. The average molecular weight is 410 g/mol. The van der Waals surface area contributed by atoms with Crippen LogP contribution in [0.25, 0.3) is 22.4 Å². The van der Waals surface area contributed by atoms with Crippen molar-refractivity contribution in [2.24, 2.45) is 0 Å². The first-order valence-corrected chi connectivity index (χ1v) is 9.48. The second kappa shape index (κ2) is 8.03. The summed E-state index contributed by atoms with van der Waals surface area (Å²) < 4.78 is 0.999. The van der Waals surface area contributed by atoms with Gasteiger partial charge in [0, 0.05) is 27.4 Å². The van der Waals surface area contributed by atoms with Gasteiger partial charge in [0.15, 0.2) is 0 Å². The minimum absolute atomic E-state index is 0.895. The number of halogens is 1. The van der Waals surface area contributed by atoms with Crippen LogP contribution in [0.15, 0.2) is 102 Å². The first-order valence-electron chi connectivity index (χ1n) is 8.69. The molecule has 0 aliphatic heterocycles. The van der Waals surface area contributed by atoms with Crippen LogP contribution in [0.4, 0.5) is 0 Å². The van der Waals surface area contributed by atoms with E-state index < -0.39 is 0 Å². The predicted molar refractivity (Wildman–Crippen MR) is 115 cm³/mol. The molecule has 4 rings (SSSR count). The molecule has 3 aromatic carbocycles. The van der Waals surface area contributed by atoms with Gasteiger partial charge in [-0.2, -0.15) is 0 Å². The Morgan fingerprint density at radius 1 is 0.630 bits per heavy atom. The Balaban J connectivity index is 1.66. The molecule has 1 aromatic heterocycles. The van der Waals surface area contributed by atoms with Crippen LogP contribution in [-0.2, 0) is 0 Å². The summed E-state index contributed by atoms with van der Waals surface area (Å²) in [5.74, 6) is 6.37. The summed E-state index contributed by atoms with van der Waals surface area (Å²) in [5, 5.41) is 0. The van der Waals surface area contributed by atoms with Gasteiger partial charge in [-0.3, -0.25) is 4.98 Å². The van der Waals surface area contributed by atoms with Crippen LogP contribution in [0.1, 0.15) is 11.1 Å². The fraction of sp³-hybridized carbons (Fsp3) is 0. The molecule has 0 amide bonds. The van der Waals surface area contributed by atoms with Crippen LogP contribution in [0.5, 0.6) is 0 Å². The highest BCUT2D eigenvalue weighted by molar-refractivity contribution is 9.10. The Bertz CT molecular complexity index is 1120. The van der Waals surface area contributed by atoms with Crippen LogP contribution >= 0.6 is 15.9 Å². The van der Waals surface area contributed by atoms with Gasteiger partial charge in [0.1, 0.15) is 0 Å². The van der Waals surface area contributed by atoms with Crippen molar-refractivity contribution >= 4 is 15.9 Å². The molecule has 0 bridgehead atoms. The van der Waals surface area contributed by atoms with E-state index in [1.807, 2.05) is 54.7 Å². The number of pyridine rings is 1. The minimum Gasteiger partial charge on any atom is -0.255 e. The average Bonchev–Trinajstić information content (AvgIpc) is 2.74. The van der Waals surface area contributed by atoms with E-state index in [2.05, 4.69) is 75.2 Å². The molecule has 0 aliphatic carbocycles. The van der Waals surface area contributed by atoms with Crippen molar-refractivity contribution in [1.29, 1.82) is 0 Å². The zero-order chi connectivity index (χ0) is 18.5. The maximum Gasteiger partial charge on any atom is 0.0709 e. The van der Waals surface area contributed by atoms with Crippen molar-refractivity contribution in [3.05, 3.63) is 113 Å². The Morgan fingerprint density at radius 3 is 2.07 bits per heavy atom. The summed E-state index contributed by atoms with van der Waals surface area (Å²) in [5.41, 5.74) is 6.29. The molecule has 2 heteroatoms. The van der Waals surface area contributed by atoms with Crippen molar-refractivity contribution in [2.45, 2.75) is 0 Å². The maximum atomic E-state index is 4.66. The van der Waals surface area contributed by atoms with Crippen LogP contribution in [0, 0.1) is 11.8 Å². The predicted octanol–water partition coefficient (Wildman–Crippen LogP) is 6.58. The molecule has 0 radical (unpaired) electrons. The van der Waals surface area contributed by atoms with Crippen LogP contribution in [0.2, 0.25) is 0 Å². The third-order valence-corrected chi connectivity index (χ3v) is 4.96. The van der Waals surface area contributed by atoms with E-state index in [0.29, 0.717) is 0 Å². The Morgan fingerprint density at radius 2 is 1.33 bits per heavy atom. The monoisotopic (exact) mass is 409 g/mol. The molecule has 128 valence electrons. The first-order chi connectivity index (χ1) is 13.3. The van der Waals surface area contributed by atoms with Crippen LogP contribution in [0.3, 0.4) is 0 Å². The molecule has 1 heterocycles. The summed E-state index contributed by atoms with van der Waals surface area (Å²) in [4.78, 5) is 4.66. The Hall–Kier alpha value is -3.15. The zero-order valence-corrected chi connectivity index (χ0v) is 16.1. The van der Waals surface area contributed by atoms with Crippen molar-refractivity contribution < 1.29 is 0 Å². The lowest BCUT2D eigenvalue weighted by Gasteiger charge is -2.09. The number of nitrogens with zero attached hydrogens (tertiary/aromatic N) is 1. The van der Waals surface area contributed by atoms with E-state index in [1.165, 1.54) is 11.1 Å². The quantitative estimate of drug-likeness (QED) is 0.340. The van der Waals surface area contributed by atoms with E-state index in [0.717, 1.165) is 26.9 Å². The first kappa shape index (κ1) is 17.3. The number of rotatable bonds is 2. The van der Waals surface area contributed by atoms with Gasteiger partial charge in [-0.05, 0) is 51.3 Å². The van der Waals surface area contributed by atoms with Gasteiger partial charge in [-0.1, -0.05) is 78.6 Å². The van der Waals surface area contributed by atoms with Crippen molar-refractivity contribution in [3.8, 4) is 34.2 Å². The number of aromatic nitrogens is 1. The van der Waals surface area contributed by atoms with Crippen molar-refractivity contribution in [2.75, 3.05) is 0 Å². The van der Waals surface area contributed by atoms with E-state index in [1.54, 1.807) is 0 Å². The van der Waals surface area contributed by atoms with Gasteiger partial charge >= 0.3 is 0 Å². The highest BCUT2D eigenvalue weighted by Crippen LogP contribution is 2.30. The highest BCUT2D eigenvalue weighted by Gasteiger charge is 2.07. The molecular weight excluding hydrogens is 394 g/mol. The largest absolute Gasteiger partial charge is 0.255 e. The molecule has 0 unspecified atom stereocenters. The normalized spacial score (nSPS) is 10.1. The van der Waals surface area contributed by atoms with Gasteiger partial charge in [-0.25, -0.2) is 0 Å². The number of hydrogen-bond donors (Lipinski definition) is 0. The summed E-state index contributed by atoms with van der Waals surface area (Å²) in [6.45, 7) is 0. The molecule has 0 aliphatic rings. The fourth-order valence-electron chi connectivity index (χ4n) is 2.91. The molecule has 0 saturated heterocycles. The van der Waals surface area contributed by atoms with Gasteiger partial charge in [-0.15, -0.1) is 0 Å².